The van der Waals surface area contributed by atoms with E-state index in [9.17, 15) is 9.59 Å². The molecule has 0 aromatic rings. The standard InChI is InChI=1S/C9H14N2O4/c12-8(13)5-10-2-3-11(9(10)14)7-1-4-15-6-7/h7H,1-6H2,(H,12,13)/t7-/m0/s1. The second-order valence-corrected chi connectivity index (χ2v) is 3.81. The molecule has 84 valence electrons. The smallest absolute Gasteiger partial charge is 0.323 e. The molecule has 2 fully saturated rings. The molecular weight excluding hydrogens is 200 g/mol. The summed E-state index contributed by atoms with van der Waals surface area (Å²) >= 11 is 0. The molecule has 2 aliphatic heterocycles. The summed E-state index contributed by atoms with van der Waals surface area (Å²) in [7, 11) is 0. The van der Waals surface area contributed by atoms with Gasteiger partial charge in [0.15, 0.2) is 0 Å². The predicted octanol–water partition coefficient (Wildman–Crippen LogP) is -0.403. The molecule has 2 rings (SSSR count). The number of ether oxygens (including phenoxy) is 1. The van der Waals surface area contributed by atoms with Crippen molar-refractivity contribution in [1.29, 1.82) is 0 Å². The number of urea groups is 1. The van der Waals surface area contributed by atoms with Gasteiger partial charge in [0.25, 0.3) is 0 Å². The number of aliphatic carboxylic acids is 1. The van der Waals surface area contributed by atoms with Crippen LogP contribution in [0.2, 0.25) is 0 Å². The third kappa shape index (κ3) is 2.04. The highest BCUT2D eigenvalue weighted by molar-refractivity contribution is 5.81. The van der Waals surface area contributed by atoms with Crippen molar-refractivity contribution in [3.63, 3.8) is 0 Å². The van der Waals surface area contributed by atoms with Crippen LogP contribution in [0.4, 0.5) is 4.79 Å². The molecule has 0 spiro atoms. The van der Waals surface area contributed by atoms with E-state index in [2.05, 4.69) is 0 Å². The van der Waals surface area contributed by atoms with Gasteiger partial charge in [0.1, 0.15) is 6.54 Å². The third-order valence-electron chi connectivity index (χ3n) is 2.80. The van der Waals surface area contributed by atoms with E-state index in [1.807, 2.05) is 0 Å². The zero-order chi connectivity index (χ0) is 10.8. The quantitative estimate of drug-likeness (QED) is 0.693. The molecule has 6 heteroatoms. The van der Waals surface area contributed by atoms with Crippen LogP contribution in [0, 0.1) is 0 Å². The Bertz CT molecular complexity index is 275. The molecule has 15 heavy (non-hydrogen) atoms. The first-order chi connectivity index (χ1) is 7.18. The molecular formula is C9H14N2O4. The summed E-state index contributed by atoms with van der Waals surface area (Å²) in [4.78, 5) is 25.3. The zero-order valence-electron chi connectivity index (χ0n) is 8.39. The highest BCUT2D eigenvalue weighted by Gasteiger charge is 2.35. The number of carboxylic acid groups (broad SMARTS) is 1. The summed E-state index contributed by atoms with van der Waals surface area (Å²) in [6.45, 7) is 2.17. The Balaban J connectivity index is 1.94. The van der Waals surface area contributed by atoms with Crippen molar-refractivity contribution in [2.75, 3.05) is 32.8 Å². The van der Waals surface area contributed by atoms with Crippen molar-refractivity contribution in [1.82, 2.24) is 9.80 Å². The number of rotatable bonds is 3. The van der Waals surface area contributed by atoms with E-state index in [0.29, 0.717) is 26.3 Å². The van der Waals surface area contributed by atoms with Crippen LogP contribution < -0.4 is 0 Å². The zero-order valence-corrected chi connectivity index (χ0v) is 8.39. The average Bonchev–Trinajstić information content (AvgIpc) is 2.76. The minimum Gasteiger partial charge on any atom is -0.480 e. The lowest BCUT2D eigenvalue weighted by Crippen LogP contribution is -2.40. The summed E-state index contributed by atoms with van der Waals surface area (Å²) < 4.78 is 5.21. The first kappa shape index (κ1) is 10.2. The van der Waals surface area contributed by atoms with Crippen LogP contribution >= 0.6 is 0 Å². The van der Waals surface area contributed by atoms with Gasteiger partial charge in [-0.25, -0.2) is 4.79 Å². The summed E-state index contributed by atoms with van der Waals surface area (Å²) in [6, 6.07) is -0.0378. The van der Waals surface area contributed by atoms with Crippen LogP contribution in [0.25, 0.3) is 0 Å². The van der Waals surface area contributed by atoms with Gasteiger partial charge in [-0.05, 0) is 6.42 Å². The number of carboxylic acids is 1. The van der Waals surface area contributed by atoms with Crippen molar-refractivity contribution in [2.45, 2.75) is 12.5 Å². The summed E-state index contributed by atoms with van der Waals surface area (Å²) in [5, 5.41) is 8.61. The summed E-state index contributed by atoms with van der Waals surface area (Å²) in [5.74, 6) is -0.965. The van der Waals surface area contributed by atoms with Crippen molar-refractivity contribution < 1.29 is 19.4 Å². The minimum absolute atomic E-state index is 0.135. The van der Waals surface area contributed by atoms with Gasteiger partial charge in [0, 0.05) is 19.7 Å². The minimum atomic E-state index is -0.965. The second kappa shape index (κ2) is 4.06. The van der Waals surface area contributed by atoms with Gasteiger partial charge in [-0.2, -0.15) is 0 Å². The number of carbonyl (C=O) groups is 2. The van der Waals surface area contributed by atoms with Crippen LogP contribution in [0.3, 0.4) is 0 Å². The number of amides is 2. The molecule has 0 aromatic heterocycles. The molecule has 2 heterocycles. The SMILES string of the molecule is O=C(O)CN1CCN([C@H]2CCOC2)C1=O. The van der Waals surface area contributed by atoms with Crippen molar-refractivity contribution >= 4 is 12.0 Å². The molecule has 2 amide bonds. The Hall–Kier alpha value is -1.30. The van der Waals surface area contributed by atoms with Crippen LogP contribution in [-0.4, -0.2) is 65.8 Å². The number of carbonyl (C=O) groups excluding carboxylic acids is 1. The lowest BCUT2D eigenvalue weighted by atomic mass is 10.2. The molecule has 1 N–H and O–H groups in total. The maximum Gasteiger partial charge on any atom is 0.323 e. The third-order valence-corrected chi connectivity index (χ3v) is 2.80. The van der Waals surface area contributed by atoms with Gasteiger partial charge in [-0.3, -0.25) is 4.79 Å². The van der Waals surface area contributed by atoms with E-state index in [1.54, 1.807) is 4.90 Å². The fourth-order valence-corrected chi connectivity index (χ4v) is 2.02. The molecule has 0 bridgehead atoms. The summed E-state index contributed by atoms with van der Waals surface area (Å²) in [5.41, 5.74) is 0. The first-order valence-electron chi connectivity index (χ1n) is 5.03. The number of hydrogen-bond donors (Lipinski definition) is 1. The molecule has 2 saturated heterocycles. The Kier molecular flexibility index (Phi) is 2.77. The number of nitrogens with zero attached hydrogens (tertiary/aromatic N) is 2. The highest BCUT2D eigenvalue weighted by Crippen LogP contribution is 2.18. The van der Waals surface area contributed by atoms with E-state index in [-0.39, 0.29) is 18.6 Å². The maximum absolute atomic E-state index is 11.8. The van der Waals surface area contributed by atoms with E-state index >= 15 is 0 Å². The highest BCUT2D eigenvalue weighted by atomic mass is 16.5. The van der Waals surface area contributed by atoms with Crippen LogP contribution in [0.15, 0.2) is 0 Å². The molecule has 0 radical (unpaired) electrons. The lowest BCUT2D eigenvalue weighted by molar-refractivity contribution is -0.137. The van der Waals surface area contributed by atoms with Crippen molar-refractivity contribution in [2.24, 2.45) is 0 Å². The van der Waals surface area contributed by atoms with Gasteiger partial charge in [0.05, 0.1) is 12.6 Å². The lowest BCUT2D eigenvalue weighted by Gasteiger charge is -2.22. The predicted molar refractivity (Wildman–Crippen MR) is 50.5 cm³/mol. The molecule has 2 aliphatic rings. The van der Waals surface area contributed by atoms with E-state index in [0.717, 1.165) is 6.42 Å². The van der Waals surface area contributed by atoms with E-state index in [1.165, 1.54) is 4.90 Å². The van der Waals surface area contributed by atoms with E-state index < -0.39 is 5.97 Å². The molecule has 0 aliphatic carbocycles. The van der Waals surface area contributed by atoms with Gasteiger partial charge in [-0.15, -0.1) is 0 Å². The van der Waals surface area contributed by atoms with Crippen molar-refractivity contribution in [3.05, 3.63) is 0 Å². The maximum atomic E-state index is 11.8. The van der Waals surface area contributed by atoms with Gasteiger partial charge in [-0.1, -0.05) is 0 Å². The Morgan fingerprint density at radius 1 is 1.53 bits per heavy atom. The first-order valence-corrected chi connectivity index (χ1v) is 5.03. The van der Waals surface area contributed by atoms with Crippen molar-refractivity contribution in [3.8, 4) is 0 Å². The fraction of sp³-hybridized carbons (Fsp3) is 0.778. The molecule has 1 atom stereocenters. The van der Waals surface area contributed by atoms with Crippen LogP contribution in [0.1, 0.15) is 6.42 Å². The van der Waals surface area contributed by atoms with Gasteiger partial charge >= 0.3 is 12.0 Å². The second-order valence-electron chi connectivity index (χ2n) is 3.81. The topological polar surface area (TPSA) is 70.1 Å². The average molecular weight is 214 g/mol. The van der Waals surface area contributed by atoms with Crippen LogP contribution in [0.5, 0.6) is 0 Å². The Morgan fingerprint density at radius 3 is 2.93 bits per heavy atom. The molecule has 0 unspecified atom stereocenters. The monoisotopic (exact) mass is 214 g/mol. The molecule has 6 nitrogen and oxygen atoms in total. The number of hydrogen-bond acceptors (Lipinski definition) is 3. The molecule has 0 saturated carbocycles. The van der Waals surface area contributed by atoms with E-state index in [4.69, 9.17) is 9.84 Å². The van der Waals surface area contributed by atoms with Crippen LogP contribution in [-0.2, 0) is 9.53 Å². The largest absolute Gasteiger partial charge is 0.480 e. The van der Waals surface area contributed by atoms with Gasteiger partial charge < -0.3 is 19.6 Å². The summed E-state index contributed by atoms with van der Waals surface area (Å²) in [6.07, 6.45) is 0.854. The fourth-order valence-electron chi connectivity index (χ4n) is 2.02. The normalized spacial score (nSPS) is 26.4. The Morgan fingerprint density at radius 2 is 2.33 bits per heavy atom. The van der Waals surface area contributed by atoms with Gasteiger partial charge in [0.2, 0.25) is 0 Å². The molecule has 0 aromatic carbocycles. The Labute approximate surface area is 87.4 Å².